The second kappa shape index (κ2) is 7.62. The third-order valence-corrected chi connectivity index (χ3v) is 5.10. The lowest BCUT2D eigenvalue weighted by molar-refractivity contribution is -0.120. The largest absolute Gasteiger partial charge is 0.352 e. The van der Waals surface area contributed by atoms with E-state index in [4.69, 9.17) is 4.98 Å². The Morgan fingerprint density at radius 3 is 2.60 bits per heavy atom. The average molecular weight is 350 g/mol. The normalized spacial score (nSPS) is 10.7. The van der Waals surface area contributed by atoms with Gasteiger partial charge in [0.25, 0.3) is 0 Å². The minimum absolute atomic E-state index is 0.00474. The van der Waals surface area contributed by atoms with E-state index in [0.29, 0.717) is 13.0 Å². The molecule has 1 aromatic heterocycles. The minimum atomic E-state index is 0.00474. The molecule has 0 saturated carbocycles. The van der Waals surface area contributed by atoms with Gasteiger partial charge in [0, 0.05) is 17.0 Å². The second-order valence-electron chi connectivity index (χ2n) is 6.27. The van der Waals surface area contributed by atoms with Gasteiger partial charge in [0.2, 0.25) is 5.91 Å². The maximum atomic E-state index is 12.2. The van der Waals surface area contributed by atoms with Gasteiger partial charge in [0.05, 0.1) is 12.1 Å². The van der Waals surface area contributed by atoms with Crippen LogP contribution in [0.2, 0.25) is 0 Å². The first-order valence-electron chi connectivity index (χ1n) is 8.37. The van der Waals surface area contributed by atoms with Crippen molar-refractivity contribution >= 4 is 17.2 Å². The molecular weight excluding hydrogens is 328 g/mol. The number of rotatable bonds is 5. The number of thiazole rings is 1. The lowest BCUT2D eigenvalue weighted by Crippen LogP contribution is -2.24. The number of carbonyl (C=O) groups excluding carboxylic acids is 1. The maximum absolute atomic E-state index is 12.2. The van der Waals surface area contributed by atoms with Crippen LogP contribution in [-0.2, 0) is 17.8 Å². The molecule has 25 heavy (non-hydrogen) atoms. The molecule has 0 aliphatic rings. The summed E-state index contributed by atoms with van der Waals surface area (Å²) >= 11 is 1.60. The smallest absolute Gasteiger partial charge is 0.227 e. The van der Waals surface area contributed by atoms with Gasteiger partial charge < -0.3 is 5.32 Å². The number of aryl methyl sites for hydroxylation is 3. The number of carbonyl (C=O) groups is 1. The molecule has 2 aromatic carbocycles. The molecule has 4 heteroatoms. The van der Waals surface area contributed by atoms with Crippen molar-refractivity contribution in [3.63, 3.8) is 0 Å². The van der Waals surface area contributed by atoms with E-state index in [1.54, 1.807) is 11.3 Å². The fraction of sp³-hybridized carbons (Fsp3) is 0.238. The molecule has 0 spiro atoms. The molecule has 128 valence electrons. The quantitative estimate of drug-likeness (QED) is 0.731. The highest BCUT2D eigenvalue weighted by Gasteiger charge is 2.14. The van der Waals surface area contributed by atoms with Gasteiger partial charge in [-0.25, -0.2) is 4.98 Å². The lowest BCUT2D eigenvalue weighted by atomic mass is 10.0. The summed E-state index contributed by atoms with van der Waals surface area (Å²) in [5, 5.41) is 3.82. The molecule has 3 rings (SSSR count). The molecule has 0 bridgehead atoms. The number of benzene rings is 2. The predicted octanol–water partition coefficient (Wildman–Crippen LogP) is 4.59. The average Bonchev–Trinajstić information content (AvgIpc) is 2.96. The van der Waals surface area contributed by atoms with E-state index in [2.05, 4.69) is 44.3 Å². The fourth-order valence-corrected chi connectivity index (χ4v) is 3.71. The number of hydrogen-bond acceptors (Lipinski definition) is 3. The molecule has 3 nitrogen and oxygen atoms in total. The van der Waals surface area contributed by atoms with Gasteiger partial charge in [0.15, 0.2) is 0 Å². The van der Waals surface area contributed by atoms with Gasteiger partial charge in [-0.1, -0.05) is 48.0 Å². The van der Waals surface area contributed by atoms with E-state index in [9.17, 15) is 4.79 Å². The van der Waals surface area contributed by atoms with Gasteiger partial charge in [-0.2, -0.15) is 0 Å². The Morgan fingerprint density at radius 2 is 1.84 bits per heavy atom. The van der Waals surface area contributed by atoms with Crippen molar-refractivity contribution in [2.75, 3.05) is 0 Å². The molecule has 0 fully saturated rings. The van der Waals surface area contributed by atoms with Crippen LogP contribution in [0.25, 0.3) is 11.3 Å². The van der Waals surface area contributed by atoms with E-state index < -0.39 is 0 Å². The predicted molar refractivity (Wildman–Crippen MR) is 104 cm³/mol. The first kappa shape index (κ1) is 17.4. The van der Waals surface area contributed by atoms with Gasteiger partial charge in [-0.3, -0.25) is 4.79 Å². The van der Waals surface area contributed by atoms with Crippen LogP contribution in [0.1, 0.15) is 26.6 Å². The molecule has 0 aliphatic carbocycles. The first-order chi connectivity index (χ1) is 12.0. The van der Waals surface area contributed by atoms with Crippen LogP contribution in [-0.4, -0.2) is 10.9 Å². The van der Waals surface area contributed by atoms with E-state index in [0.717, 1.165) is 26.7 Å². The van der Waals surface area contributed by atoms with E-state index in [1.807, 2.05) is 30.3 Å². The third-order valence-electron chi connectivity index (χ3n) is 4.13. The standard InChI is InChI=1S/C21H22N2OS/c1-14-9-10-15(2)18(11-14)21-16(3)25-20(23-21)12-19(24)22-13-17-7-5-4-6-8-17/h4-11H,12-13H2,1-3H3,(H,22,24). The van der Waals surface area contributed by atoms with Gasteiger partial charge in [-0.05, 0) is 38.0 Å². The molecule has 0 aliphatic heterocycles. The van der Waals surface area contributed by atoms with Crippen LogP contribution in [0.4, 0.5) is 0 Å². The number of aromatic nitrogens is 1. The molecule has 0 saturated heterocycles. The van der Waals surface area contributed by atoms with Crippen LogP contribution in [0.15, 0.2) is 48.5 Å². The summed E-state index contributed by atoms with van der Waals surface area (Å²) in [6.45, 7) is 6.80. The Hall–Kier alpha value is -2.46. The highest BCUT2D eigenvalue weighted by Crippen LogP contribution is 2.30. The van der Waals surface area contributed by atoms with Crippen molar-refractivity contribution in [3.05, 3.63) is 75.1 Å². The van der Waals surface area contributed by atoms with Gasteiger partial charge in [-0.15, -0.1) is 11.3 Å². The molecule has 3 aromatic rings. The molecule has 1 amide bonds. The lowest BCUT2D eigenvalue weighted by Gasteiger charge is -2.05. The molecule has 0 unspecified atom stereocenters. The number of nitrogens with zero attached hydrogens (tertiary/aromatic N) is 1. The Balaban J connectivity index is 1.70. The summed E-state index contributed by atoms with van der Waals surface area (Å²) in [6, 6.07) is 16.3. The maximum Gasteiger partial charge on any atom is 0.227 e. The number of nitrogens with one attached hydrogen (secondary N) is 1. The number of amides is 1. The van der Waals surface area contributed by atoms with Crippen LogP contribution in [0.3, 0.4) is 0 Å². The molecular formula is C21H22N2OS. The monoisotopic (exact) mass is 350 g/mol. The number of hydrogen-bond donors (Lipinski definition) is 1. The van der Waals surface area contributed by atoms with Crippen LogP contribution in [0, 0.1) is 20.8 Å². The van der Waals surface area contributed by atoms with Crippen LogP contribution < -0.4 is 5.32 Å². The molecule has 1 N–H and O–H groups in total. The molecule has 0 atom stereocenters. The zero-order valence-corrected chi connectivity index (χ0v) is 15.6. The summed E-state index contributed by atoms with van der Waals surface area (Å²) < 4.78 is 0. The Labute approximate surface area is 152 Å². The van der Waals surface area contributed by atoms with Crippen molar-refractivity contribution in [1.82, 2.24) is 10.3 Å². The zero-order chi connectivity index (χ0) is 17.8. The SMILES string of the molecule is Cc1ccc(C)c(-c2nc(CC(=O)NCc3ccccc3)sc2C)c1. The van der Waals surface area contributed by atoms with Crippen molar-refractivity contribution < 1.29 is 4.79 Å². The van der Waals surface area contributed by atoms with Crippen molar-refractivity contribution in [1.29, 1.82) is 0 Å². The molecule has 1 heterocycles. The zero-order valence-electron chi connectivity index (χ0n) is 14.8. The van der Waals surface area contributed by atoms with Crippen LogP contribution in [0.5, 0.6) is 0 Å². The van der Waals surface area contributed by atoms with Crippen LogP contribution >= 0.6 is 11.3 Å². The Bertz CT molecular complexity index is 884. The van der Waals surface area contributed by atoms with E-state index >= 15 is 0 Å². The highest BCUT2D eigenvalue weighted by molar-refractivity contribution is 7.12. The fourth-order valence-electron chi connectivity index (χ4n) is 2.76. The van der Waals surface area contributed by atoms with E-state index in [1.165, 1.54) is 11.1 Å². The van der Waals surface area contributed by atoms with Crippen molar-refractivity contribution in [2.24, 2.45) is 0 Å². The summed E-state index contributed by atoms with van der Waals surface area (Å²) in [5.41, 5.74) is 5.68. The van der Waals surface area contributed by atoms with Gasteiger partial charge >= 0.3 is 0 Å². The van der Waals surface area contributed by atoms with E-state index in [-0.39, 0.29) is 5.91 Å². The van der Waals surface area contributed by atoms with Crippen molar-refractivity contribution in [2.45, 2.75) is 33.7 Å². The topological polar surface area (TPSA) is 42.0 Å². The first-order valence-corrected chi connectivity index (χ1v) is 9.19. The summed E-state index contributed by atoms with van der Waals surface area (Å²) in [4.78, 5) is 18.1. The highest BCUT2D eigenvalue weighted by atomic mass is 32.1. The Kier molecular flexibility index (Phi) is 5.29. The van der Waals surface area contributed by atoms with Crippen molar-refractivity contribution in [3.8, 4) is 11.3 Å². The van der Waals surface area contributed by atoms with Gasteiger partial charge in [0.1, 0.15) is 5.01 Å². The summed E-state index contributed by atoms with van der Waals surface area (Å²) in [6.07, 6.45) is 0.323. The third kappa shape index (κ3) is 4.34. The Morgan fingerprint density at radius 1 is 1.08 bits per heavy atom. The summed E-state index contributed by atoms with van der Waals surface area (Å²) in [5.74, 6) is 0.00474. The molecule has 0 radical (unpaired) electrons. The minimum Gasteiger partial charge on any atom is -0.352 e. The summed E-state index contributed by atoms with van der Waals surface area (Å²) in [7, 11) is 0. The second-order valence-corrected chi connectivity index (χ2v) is 7.56.